The van der Waals surface area contributed by atoms with E-state index in [-0.39, 0.29) is 0 Å². The molecule has 0 saturated heterocycles. The third-order valence-electron chi connectivity index (χ3n) is 7.15. The smallest absolute Gasteiger partial charge is 0.0626 e. The van der Waals surface area contributed by atoms with Crippen LogP contribution in [0.3, 0.4) is 0 Å². The van der Waals surface area contributed by atoms with Gasteiger partial charge in [-0.15, -0.1) is 11.3 Å². The quantitative estimate of drug-likeness (QED) is 0.235. The van der Waals surface area contributed by atoms with Gasteiger partial charge >= 0.3 is 0 Å². The molecule has 2 heteroatoms. The Labute approximate surface area is 200 Å². The van der Waals surface area contributed by atoms with Crippen LogP contribution in [0.4, 0.5) is 0 Å². The molecule has 0 saturated carbocycles. The van der Waals surface area contributed by atoms with Gasteiger partial charge in [0.05, 0.1) is 11.0 Å². The molecule has 0 fully saturated rings. The second-order valence-electron chi connectivity index (χ2n) is 8.92. The average molecular weight is 450 g/mol. The van der Waals surface area contributed by atoms with Crippen molar-refractivity contribution >= 4 is 74.9 Å². The monoisotopic (exact) mass is 449 g/mol. The van der Waals surface area contributed by atoms with Gasteiger partial charge in [-0.25, -0.2) is 0 Å². The highest BCUT2D eigenvalue weighted by Gasteiger charge is 2.22. The Morgan fingerprint density at radius 2 is 1.15 bits per heavy atom. The minimum absolute atomic E-state index is 1.20. The van der Waals surface area contributed by atoms with Crippen molar-refractivity contribution in [2.45, 2.75) is 0 Å². The maximum absolute atomic E-state index is 2.48. The van der Waals surface area contributed by atoms with E-state index in [2.05, 4.69) is 120 Å². The number of benzene rings is 6. The van der Waals surface area contributed by atoms with Gasteiger partial charge in [-0.2, -0.15) is 0 Å². The van der Waals surface area contributed by atoms with Gasteiger partial charge in [-0.3, -0.25) is 0 Å². The second-order valence-corrected chi connectivity index (χ2v) is 9.98. The van der Waals surface area contributed by atoms with Crippen LogP contribution < -0.4 is 0 Å². The standard InChI is InChI=1S/C32H19NS/c1-2-11-21(12-3-1)33-26-19-18-20-10-4-5-13-22(20)28(26)30-29-25-16-8-9-17-27(25)34-32(29)24-15-7-6-14-23(24)31(30)33/h1-19H. The zero-order chi connectivity index (χ0) is 22.2. The van der Waals surface area contributed by atoms with E-state index in [4.69, 9.17) is 0 Å². The molecule has 8 aromatic rings. The molecule has 0 radical (unpaired) electrons. The molecule has 1 nitrogen and oxygen atoms in total. The van der Waals surface area contributed by atoms with Gasteiger partial charge in [0.25, 0.3) is 0 Å². The number of para-hydroxylation sites is 1. The molecule has 0 N–H and O–H groups in total. The summed E-state index contributed by atoms with van der Waals surface area (Å²) in [6.07, 6.45) is 0. The first-order valence-electron chi connectivity index (χ1n) is 11.6. The molecule has 8 rings (SSSR count). The third-order valence-corrected chi connectivity index (χ3v) is 8.35. The molecule has 0 unspecified atom stereocenters. The molecule has 0 aliphatic carbocycles. The summed E-state index contributed by atoms with van der Waals surface area (Å²) in [4.78, 5) is 0. The van der Waals surface area contributed by atoms with Crippen LogP contribution in [0.5, 0.6) is 0 Å². The Bertz CT molecular complexity index is 2060. The lowest BCUT2D eigenvalue weighted by Crippen LogP contribution is -1.94. The number of thiophene rings is 1. The van der Waals surface area contributed by atoms with Crippen LogP contribution in [0, 0.1) is 0 Å². The number of fused-ring (bicyclic) bond motifs is 12. The molecule has 0 aliphatic heterocycles. The van der Waals surface area contributed by atoms with Crippen molar-refractivity contribution in [1.82, 2.24) is 4.57 Å². The van der Waals surface area contributed by atoms with E-state index < -0.39 is 0 Å². The maximum Gasteiger partial charge on any atom is 0.0626 e. The van der Waals surface area contributed by atoms with Gasteiger partial charge < -0.3 is 4.57 Å². The summed E-state index contributed by atoms with van der Waals surface area (Å²) in [6, 6.07) is 42.0. The normalized spacial score (nSPS) is 12.1. The Balaban J connectivity index is 1.81. The number of rotatable bonds is 1. The lowest BCUT2D eigenvalue weighted by molar-refractivity contribution is 1.19. The molecule has 34 heavy (non-hydrogen) atoms. The van der Waals surface area contributed by atoms with Gasteiger partial charge in [-0.05, 0) is 35.0 Å². The number of hydrogen-bond donors (Lipinski definition) is 0. The summed E-state index contributed by atoms with van der Waals surface area (Å²) in [5.41, 5.74) is 3.75. The Kier molecular flexibility index (Phi) is 3.60. The van der Waals surface area contributed by atoms with Crippen molar-refractivity contribution in [3.05, 3.63) is 115 Å². The van der Waals surface area contributed by atoms with Crippen molar-refractivity contribution in [1.29, 1.82) is 0 Å². The average Bonchev–Trinajstić information content (AvgIpc) is 3.46. The van der Waals surface area contributed by atoms with E-state index in [9.17, 15) is 0 Å². The number of hydrogen-bond acceptors (Lipinski definition) is 1. The maximum atomic E-state index is 2.48. The van der Waals surface area contributed by atoms with Gasteiger partial charge in [0.2, 0.25) is 0 Å². The van der Waals surface area contributed by atoms with Crippen molar-refractivity contribution in [2.24, 2.45) is 0 Å². The molecule has 158 valence electrons. The summed E-state index contributed by atoms with van der Waals surface area (Å²) < 4.78 is 5.20. The summed E-state index contributed by atoms with van der Waals surface area (Å²) >= 11 is 1.92. The fourth-order valence-corrected chi connectivity index (χ4v) is 7.02. The molecular weight excluding hydrogens is 430 g/mol. The van der Waals surface area contributed by atoms with E-state index in [1.807, 2.05) is 11.3 Å². The fourth-order valence-electron chi connectivity index (χ4n) is 5.77. The summed E-state index contributed by atoms with van der Waals surface area (Å²) in [6.45, 7) is 0. The van der Waals surface area contributed by atoms with Crippen molar-refractivity contribution in [3.63, 3.8) is 0 Å². The Morgan fingerprint density at radius 3 is 2.00 bits per heavy atom. The molecule has 2 heterocycles. The predicted octanol–water partition coefficient (Wildman–Crippen LogP) is 9.46. The highest BCUT2D eigenvalue weighted by Crippen LogP contribution is 2.49. The summed E-state index contributed by atoms with van der Waals surface area (Å²) in [5, 5.41) is 10.7. The van der Waals surface area contributed by atoms with Crippen molar-refractivity contribution in [2.75, 3.05) is 0 Å². The van der Waals surface area contributed by atoms with Gasteiger partial charge in [0.1, 0.15) is 0 Å². The molecule has 0 aliphatic rings. The molecule has 6 aromatic carbocycles. The first-order chi connectivity index (χ1) is 16.9. The molecule has 0 bridgehead atoms. The van der Waals surface area contributed by atoms with Crippen LogP contribution in [0.1, 0.15) is 0 Å². The van der Waals surface area contributed by atoms with Crippen LogP contribution in [0.2, 0.25) is 0 Å². The lowest BCUT2D eigenvalue weighted by Gasteiger charge is -2.10. The minimum atomic E-state index is 1.20. The molecule has 0 atom stereocenters. The lowest BCUT2D eigenvalue weighted by atomic mass is 9.97. The SMILES string of the molecule is c1ccc(-n2c3ccc4ccccc4c3c3c4c5ccccc5sc4c4ccccc4c32)cc1. The molecule has 2 aromatic heterocycles. The van der Waals surface area contributed by atoms with Crippen LogP contribution in [0.25, 0.3) is 69.2 Å². The first-order valence-corrected chi connectivity index (χ1v) is 12.4. The third kappa shape index (κ3) is 2.28. The largest absolute Gasteiger partial charge is 0.309 e. The van der Waals surface area contributed by atoms with Crippen LogP contribution in [-0.4, -0.2) is 4.57 Å². The Morgan fingerprint density at radius 1 is 0.471 bits per heavy atom. The van der Waals surface area contributed by atoms with Crippen LogP contribution in [-0.2, 0) is 0 Å². The molecule has 0 amide bonds. The number of nitrogens with zero attached hydrogens (tertiary/aromatic N) is 1. The zero-order valence-electron chi connectivity index (χ0n) is 18.3. The molecule has 0 spiro atoms. The van der Waals surface area contributed by atoms with Crippen LogP contribution in [0.15, 0.2) is 115 Å². The van der Waals surface area contributed by atoms with Gasteiger partial charge in [0, 0.05) is 47.4 Å². The first kappa shape index (κ1) is 18.3. The second kappa shape index (κ2) is 6.69. The zero-order valence-corrected chi connectivity index (χ0v) is 19.1. The minimum Gasteiger partial charge on any atom is -0.309 e. The highest BCUT2D eigenvalue weighted by atomic mass is 32.1. The highest BCUT2D eigenvalue weighted by molar-refractivity contribution is 7.27. The summed E-state index contributed by atoms with van der Waals surface area (Å²) in [7, 11) is 0. The van der Waals surface area contributed by atoms with Gasteiger partial charge in [-0.1, -0.05) is 91.0 Å². The van der Waals surface area contributed by atoms with E-state index in [1.54, 1.807) is 0 Å². The van der Waals surface area contributed by atoms with Crippen molar-refractivity contribution in [3.8, 4) is 5.69 Å². The number of aromatic nitrogens is 1. The fraction of sp³-hybridized carbons (Fsp3) is 0. The van der Waals surface area contributed by atoms with Crippen LogP contribution >= 0.6 is 11.3 Å². The molecular formula is C32H19NS. The predicted molar refractivity (Wildman–Crippen MR) is 149 cm³/mol. The van der Waals surface area contributed by atoms with Crippen molar-refractivity contribution < 1.29 is 0 Å². The van der Waals surface area contributed by atoms with E-state index >= 15 is 0 Å². The van der Waals surface area contributed by atoms with Gasteiger partial charge in [0.15, 0.2) is 0 Å². The summed E-state index contributed by atoms with van der Waals surface area (Å²) in [5.74, 6) is 0. The van der Waals surface area contributed by atoms with E-state index in [1.165, 1.54) is 69.2 Å². The van der Waals surface area contributed by atoms with E-state index in [0.29, 0.717) is 0 Å². The van der Waals surface area contributed by atoms with E-state index in [0.717, 1.165) is 0 Å². The topological polar surface area (TPSA) is 4.93 Å². The Hall–Kier alpha value is -4.14.